The van der Waals surface area contributed by atoms with Gasteiger partial charge in [-0.15, -0.1) is 10.2 Å². The summed E-state index contributed by atoms with van der Waals surface area (Å²) < 4.78 is 7.16. The molecule has 0 spiro atoms. The largest absolute Gasteiger partial charge is 0.507 e. The molecule has 4 aromatic rings. The van der Waals surface area contributed by atoms with Crippen LogP contribution in [-0.2, 0) is 4.79 Å². The van der Waals surface area contributed by atoms with Crippen LogP contribution in [-0.4, -0.2) is 44.4 Å². The number of hydrazone groups is 1. The van der Waals surface area contributed by atoms with Crippen molar-refractivity contribution in [3.63, 3.8) is 0 Å². The molecule has 0 saturated heterocycles. The average molecular weight is 474 g/mol. The second-order valence-electron chi connectivity index (χ2n) is 7.24. The molecule has 8 nitrogen and oxygen atoms in total. The number of nitrogens with zero attached hydrogens (tertiary/aromatic N) is 4. The molecule has 1 aromatic heterocycles. The van der Waals surface area contributed by atoms with Crippen molar-refractivity contribution < 1.29 is 14.6 Å². The summed E-state index contributed by atoms with van der Waals surface area (Å²) in [7, 11) is 1.62. The standard InChI is InChI=1S/C25H23N5O3S/c1-17(21-10-6-7-11-22(21)31)26-27-23(32)16-34-25-29-28-24(18-12-14-20(33-2)15-13-18)30(25)19-8-4-3-5-9-19/h3-15,31H,16H2,1-2H3,(H,27,32). The van der Waals surface area contributed by atoms with Crippen LogP contribution >= 0.6 is 11.8 Å². The van der Waals surface area contributed by atoms with Gasteiger partial charge in [-0.3, -0.25) is 9.36 Å². The molecule has 0 atom stereocenters. The number of ether oxygens (including phenoxy) is 1. The fraction of sp³-hybridized carbons (Fsp3) is 0.120. The highest BCUT2D eigenvalue weighted by atomic mass is 32.2. The van der Waals surface area contributed by atoms with E-state index >= 15 is 0 Å². The summed E-state index contributed by atoms with van der Waals surface area (Å²) in [5, 5.41) is 23.3. The number of benzene rings is 3. The number of phenols is 1. The van der Waals surface area contributed by atoms with Gasteiger partial charge in [0.1, 0.15) is 11.5 Å². The Kier molecular flexibility index (Phi) is 7.24. The Labute approximate surface area is 201 Å². The number of aromatic hydroxyl groups is 1. The maximum Gasteiger partial charge on any atom is 0.250 e. The van der Waals surface area contributed by atoms with E-state index in [1.807, 2.05) is 59.2 Å². The van der Waals surface area contributed by atoms with Crippen molar-refractivity contribution >= 4 is 23.4 Å². The smallest absolute Gasteiger partial charge is 0.250 e. The third-order valence-corrected chi connectivity index (χ3v) is 5.90. The Morgan fingerprint density at radius 3 is 2.44 bits per heavy atom. The molecule has 172 valence electrons. The number of amides is 1. The van der Waals surface area contributed by atoms with Gasteiger partial charge in [0.05, 0.1) is 18.6 Å². The fourth-order valence-corrected chi connectivity index (χ4v) is 3.99. The lowest BCUT2D eigenvalue weighted by atomic mass is 10.1. The van der Waals surface area contributed by atoms with Crippen LogP contribution in [0.2, 0.25) is 0 Å². The van der Waals surface area contributed by atoms with E-state index in [9.17, 15) is 9.90 Å². The number of carbonyl (C=O) groups excluding carboxylic acids is 1. The van der Waals surface area contributed by atoms with Crippen LogP contribution in [0.5, 0.6) is 11.5 Å². The Bertz CT molecular complexity index is 1300. The predicted molar refractivity (Wildman–Crippen MR) is 133 cm³/mol. The zero-order valence-electron chi connectivity index (χ0n) is 18.7. The summed E-state index contributed by atoms with van der Waals surface area (Å²) in [5.74, 6) is 1.30. The molecular formula is C25H23N5O3S. The van der Waals surface area contributed by atoms with Gasteiger partial charge in [0, 0.05) is 16.8 Å². The third-order valence-electron chi connectivity index (χ3n) is 4.97. The highest BCUT2D eigenvalue weighted by molar-refractivity contribution is 7.99. The van der Waals surface area contributed by atoms with Crippen LogP contribution in [0.3, 0.4) is 0 Å². The van der Waals surface area contributed by atoms with E-state index in [-0.39, 0.29) is 17.4 Å². The summed E-state index contributed by atoms with van der Waals surface area (Å²) in [5.41, 5.74) is 5.35. The number of phenolic OH excluding ortho intramolecular Hbond substituents is 1. The number of hydrogen-bond donors (Lipinski definition) is 2. The molecule has 2 N–H and O–H groups in total. The monoisotopic (exact) mass is 473 g/mol. The molecule has 9 heteroatoms. The number of methoxy groups -OCH3 is 1. The minimum atomic E-state index is -0.298. The number of para-hydroxylation sites is 2. The highest BCUT2D eigenvalue weighted by Crippen LogP contribution is 2.29. The Hall–Kier alpha value is -4.11. The van der Waals surface area contributed by atoms with Gasteiger partial charge in [-0.25, -0.2) is 5.43 Å². The molecule has 0 aliphatic rings. The van der Waals surface area contributed by atoms with Crippen molar-refractivity contribution in [2.24, 2.45) is 5.10 Å². The fourth-order valence-electron chi connectivity index (χ4n) is 3.25. The average Bonchev–Trinajstić information content (AvgIpc) is 3.31. The molecule has 34 heavy (non-hydrogen) atoms. The van der Waals surface area contributed by atoms with Gasteiger partial charge in [-0.05, 0) is 55.5 Å². The summed E-state index contributed by atoms with van der Waals surface area (Å²) in [6.45, 7) is 1.72. The van der Waals surface area contributed by atoms with Gasteiger partial charge in [0.2, 0.25) is 0 Å². The third kappa shape index (κ3) is 5.26. The zero-order valence-corrected chi connectivity index (χ0v) is 19.5. The van der Waals surface area contributed by atoms with Gasteiger partial charge < -0.3 is 9.84 Å². The molecule has 3 aromatic carbocycles. The van der Waals surface area contributed by atoms with Crippen molar-refractivity contribution in [1.29, 1.82) is 0 Å². The van der Waals surface area contributed by atoms with Gasteiger partial charge in [-0.2, -0.15) is 5.10 Å². The van der Waals surface area contributed by atoms with Crippen LogP contribution in [0.4, 0.5) is 0 Å². The zero-order chi connectivity index (χ0) is 23.9. The van der Waals surface area contributed by atoms with Gasteiger partial charge in [0.15, 0.2) is 11.0 Å². The molecule has 0 aliphatic heterocycles. The summed E-state index contributed by atoms with van der Waals surface area (Å²) >= 11 is 1.26. The Morgan fingerprint density at radius 2 is 1.74 bits per heavy atom. The van der Waals surface area contributed by atoms with Crippen LogP contribution in [0.1, 0.15) is 12.5 Å². The molecule has 1 heterocycles. The minimum absolute atomic E-state index is 0.0884. The van der Waals surface area contributed by atoms with E-state index < -0.39 is 0 Å². The first-order chi connectivity index (χ1) is 16.6. The van der Waals surface area contributed by atoms with Crippen molar-refractivity contribution in [3.8, 4) is 28.6 Å². The Morgan fingerprint density at radius 1 is 1.03 bits per heavy atom. The lowest BCUT2D eigenvalue weighted by Gasteiger charge is -2.10. The van der Waals surface area contributed by atoms with E-state index in [4.69, 9.17) is 4.74 Å². The molecule has 4 rings (SSSR count). The lowest BCUT2D eigenvalue weighted by Crippen LogP contribution is -2.21. The van der Waals surface area contributed by atoms with Crippen molar-refractivity contribution in [2.75, 3.05) is 12.9 Å². The van der Waals surface area contributed by atoms with Crippen molar-refractivity contribution in [3.05, 3.63) is 84.4 Å². The van der Waals surface area contributed by atoms with E-state index in [0.717, 1.165) is 17.0 Å². The number of nitrogens with one attached hydrogen (secondary N) is 1. The van der Waals surface area contributed by atoms with Crippen LogP contribution in [0, 0.1) is 0 Å². The summed E-state index contributed by atoms with van der Waals surface area (Å²) in [6.07, 6.45) is 0. The first-order valence-corrected chi connectivity index (χ1v) is 11.4. The molecule has 1 amide bonds. The number of thioether (sulfide) groups is 1. The molecule has 0 unspecified atom stereocenters. The SMILES string of the molecule is COc1ccc(-c2nnc(SCC(=O)NN=C(C)c3ccccc3O)n2-c2ccccc2)cc1. The van der Waals surface area contributed by atoms with Crippen LogP contribution < -0.4 is 10.2 Å². The van der Waals surface area contributed by atoms with Crippen LogP contribution in [0.15, 0.2) is 89.1 Å². The maximum absolute atomic E-state index is 12.5. The molecule has 0 radical (unpaired) electrons. The maximum atomic E-state index is 12.5. The lowest BCUT2D eigenvalue weighted by molar-refractivity contribution is -0.118. The van der Waals surface area contributed by atoms with Crippen molar-refractivity contribution in [2.45, 2.75) is 12.1 Å². The number of carbonyl (C=O) groups is 1. The molecular weight excluding hydrogens is 450 g/mol. The van der Waals surface area contributed by atoms with Gasteiger partial charge in [0.25, 0.3) is 5.91 Å². The summed E-state index contributed by atoms with van der Waals surface area (Å²) in [4.78, 5) is 12.5. The second-order valence-corrected chi connectivity index (χ2v) is 8.19. The first-order valence-electron chi connectivity index (χ1n) is 10.5. The highest BCUT2D eigenvalue weighted by Gasteiger charge is 2.17. The second kappa shape index (κ2) is 10.7. The quantitative estimate of drug-likeness (QED) is 0.225. The number of hydrogen-bond acceptors (Lipinski definition) is 7. The van der Waals surface area contributed by atoms with Crippen LogP contribution in [0.25, 0.3) is 17.1 Å². The van der Waals surface area contributed by atoms with E-state index in [2.05, 4.69) is 20.7 Å². The van der Waals surface area contributed by atoms with E-state index in [1.54, 1.807) is 38.3 Å². The molecule has 0 saturated carbocycles. The topological polar surface area (TPSA) is 102 Å². The first kappa shape index (κ1) is 23.1. The van der Waals surface area contributed by atoms with Gasteiger partial charge in [-0.1, -0.05) is 42.1 Å². The Balaban J connectivity index is 1.52. The number of rotatable bonds is 8. The number of aromatic nitrogens is 3. The predicted octanol–water partition coefficient (Wildman–Crippen LogP) is 4.28. The normalized spacial score (nSPS) is 11.3. The molecule has 0 fully saturated rings. The molecule has 0 aliphatic carbocycles. The summed E-state index contributed by atoms with van der Waals surface area (Å²) in [6, 6.07) is 24.1. The van der Waals surface area contributed by atoms with E-state index in [0.29, 0.717) is 22.3 Å². The van der Waals surface area contributed by atoms with Crippen molar-refractivity contribution in [1.82, 2.24) is 20.2 Å². The van der Waals surface area contributed by atoms with Gasteiger partial charge >= 0.3 is 0 Å². The minimum Gasteiger partial charge on any atom is -0.507 e. The van der Waals surface area contributed by atoms with E-state index in [1.165, 1.54) is 11.8 Å². The molecule has 0 bridgehead atoms.